The summed E-state index contributed by atoms with van der Waals surface area (Å²) in [5, 5.41) is 21.7. The minimum atomic E-state index is -1.53. The number of hydrogen-bond acceptors (Lipinski definition) is 6. The van der Waals surface area contributed by atoms with E-state index in [-0.39, 0.29) is 0 Å². The number of nitrogens with two attached hydrogens (primary N) is 1. The molecule has 3 rings (SSSR count). The van der Waals surface area contributed by atoms with Crippen LogP contribution in [0.1, 0.15) is 24.2 Å². The molecular formula is C12H17N7O2. The number of carbonyl (C=O) groups excluding carboxylic acids is 1. The summed E-state index contributed by atoms with van der Waals surface area (Å²) in [6, 6.07) is -0.565. The van der Waals surface area contributed by atoms with Crippen molar-refractivity contribution in [2.24, 2.45) is 18.7 Å². The number of hydrogen-bond donors (Lipinski definition) is 3. The number of nitrogens with zero attached hydrogens (tertiary/aromatic N) is 5. The van der Waals surface area contributed by atoms with Crippen LogP contribution in [-0.2, 0) is 11.8 Å². The maximum Gasteiger partial charge on any atom is 0.227 e. The van der Waals surface area contributed by atoms with Gasteiger partial charge in [-0.1, -0.05) is 0 Å². The molecule has 0 aliphatic carbocycles. The minimum absolute atomic E-state index is 0.380. The molecule has 0 aromatic carbocycles. The van der Waals surface area contributed by atoms with E-state index in [1.54, 1.807) is 22.6 Å². The van der Waals surface area contributed by atoms with Gasteiger partial charge in [0.15, 0.2) is 0 Å². The number of rotatable bonds is 2. The van der Waals surface area contributed by atoms with Crippen LogP contribution in [0.25, 0.3) is 0 Å². The summed E-state index contributed by atoms with van der Waals surface area (Å²) in [6.07, 6.45) is 3.02. The molecule has 1 amide bonds. The van der Waals surface area contributed by atoms with E-state index >= 15 is 0 Å². The Kier molecular flexibility index (Phi) is 2.77. The van der Waals surface area contributed by atoms with Gasteiger partial charge in [0.05, 0.1) is 6.20 Å². The molecule has 1 aliphatic rings. The van der Waals surface area contributed by atoms with Crippen LogP contribution < -0.4 is 11.1 Å². The third kappa shape index (κ3) is 1.88. The van der Waals surface area contributed by atoms with E-state index in [1.165, 1.54) is 13.3 Å². The monoisotopic (exact) mass is 291 g/mol. The lowest BCUT2D eigenvalue weighted by molar-refractivity contribution is -0.131. The fraction of sp³-hybridized carbons (Fsp3) is 0.500. The van der Waals surface area contributed by atoms with Gasteiger partial charge in [-0.2, -0.15) is 15.2 Å². The van der Waals surface area contributed by atoms with Crippen molar-refractivity contribution in [1.82, 2.24) is 24.5 Å². The van der Waals surface area contributed by atoms with Crippen LogP contribution in [0, 0.1) is 12.8 Å². The van der Waals surface area contributed by atoms with Gasteiger partial charge in [-0.3, -0.25) is 9.48 Å². The van der Waals surface area contributed by atoms with Gasteiger partial charge >= 0.3 is 0 Å². The molecule has 3 atom stereocenters. The molecule has 2 aromatic rings. The van der Waals surface area contributed by atoms with Crippen LogP contribution in [-0.4, -0.2) is 41.3 Å². The van der Waals surface area contributed by atoms with E-state index in [2.05, 4.69) is 20.5 Å². The normalized spacial score (nSPS) is 28.0. The summed E-state index contributed by atoms with van der Waals surface area (Å²) in [6.45, 7) is 3.38. The number of primary amides is 1. The molecule has 9 heteroatoms. The molecule has 0 radical (unpaired) electrons. The number of aliphatic hydroxyl groups is 1. The Morgan fingerprint density at radius 1 is 1.52 bits per heavy atom. The second-order valence-electron chi connectivity index (χ2n) is 5.43. The van der Waals surface area contributed by atoms with Crippen LogP contribution in [0.4, 0.5) is 5.95 Å². The van der Waals surface area contributed by atoms with Gasteiger partial charge in [0.2, 0.25) is 11.9 Å². The van der Waals surface area contributed by atoms with Crippen molar-refractivity contribution in [1.29, 1.82) is 0 Å². The van der Waals surface area contributed by atoms with Crippen molar-refractivity contribution in [2.75, 3.05) is 5.32 Å². The fourth-order valence-electron chi connectivity index (χ4n) is 2.85. The highest BCUT2D eigenvalue weighted by atomic mass is 16.3. The number of carbonyl (C=O) groups is 1. The number of aryl methyl sites for hydroxylation is 1. The van der Waals surface area contributed by atoms with Crippen molar-refractivity contribution in [3.05, 3.63) is 23.8 Å². The third-order valence-corrected chi connectivity index (χ3v) is 4.02. The fourth-order valence-corrected chi connectivity index (χ4v) is 2.85. The zero-order chi connectivity index (χ0) is 15.4. The first-order valence-corrected chi connectivity index (χ1v) is 6.51. The van der Waals surface area contributed by atoms with Gasteiger partial charge in [-0.25, -0.2) is 4.68 Å². The van der Waals surface area contributed by atoms with Crippen molar-refractivity contribution >= 4 is 11.9 Å². The predicted molar refractivity (Wildman–Crippen MR) is 73.0 cm³/mol. The number of fused-ring (bicyclic) bond motifs is 1. The van der Waals surface area contributed by atoms with Crippen molar-refractivity contribution in [3.63, 3.8) is 0 Å². The van der Waals surface area contributed by atoms with E-state index in [0.717, 1.165) is 11.3 Å². The molecule has 0 saturated carbocycles. The zero-order valence-electron chi connectivity index (χ0n) is 12.0. The van der Waals surface area contributed by atoms with Gasteiger partial charge in [0, 0.05) is 18.3 Å². The first kappa shape index (κ1) is 13.6. The zero-order valence-corrected chi connectivity index (χ0v) is 12.0. The standard InChI is InChI=1S/C12H17N7O2/c1-6-7(4-15-18(6)3)9-8(10(13)20)12(2,21)17-11-14-5-16-19(9)11/h4-5,8-9,21H,1-3H3,(H2,13,20)(H,14,16,17). The third-order valence-electron chi connectivity index (χ3n) is 4.02. The van der Waals surface area contributed by atoms with Gasteiger partial charge in [0.1, 0.15) is 24.0 Å². The summed E-state index contributed by atoms with van der Waals surface area (Å²) >= 11 is 0. The lowest BCUT2D eigenvalue weighted by Gasteiger charge is -2.41. The highest BCUT2D eigenvalue weighted by molar-refractivity contribution is 5.80. The summed E-state index contributed by atoms with van der Waals surface area (Å²) < 4.78 is 3.25. The first-order valence-electron chi connectivity index (χ1n) is 6.51. The van der Waals surface area contributed by atoms with Crippen LogP contribution in [0.2, 0.25) is 0 Å². The summed E-state index contributed by atoms with van der Waals surface area (Å²) in [7, 11) is 1.81. The Labute approximate surface area is 120 Å². The minimum Gasteiger partial charge on any atom is -0.370 e. The maximum absolute atomic E-state index is 11.9. The molecule has 21 heavy (non-hydrogen) atoms. The maximum atomic E-state index is 11.9. The summed E-state index contributed by atoms with van der Waals surface area (Å²) in [5.74, 6) is -1.15. The molecule has 3 unspecified atom stereocenters. The highest BCUT2D eigenvalue weighted by Crippen LogP contribution is 2.40. The molecule has 0 bridgehead atoms. The van der Waals surface area contributed by atoms with E-state index in [1.807, 2.05) is 6.92 Å². The second-order valence-corrected chi connectivity index (χ2v) is 5.43. The van der Waals surface area contributed by atoms with Crippen LogP contribution in [0.5, 0.6) is 0 Å². The Bertz CT molecular complexity index is 702. The second kappa shape index (κ2) is 4.29. The predicted octanol–water partition coefficient (Wildman–Crippen LogP) is -0.855. The van der Waals surface area contributed by atoms with Crippen LogP contribution >= 0.6 is 0 Å². The van der Waals surface area contributed by atoms with Gasteiger partial charge in [-0.15, -0.1) is 0 Å². The molecule has 0 fully saturated rings. The topological polar surface area (TPSA) is 124 Å². The van der Waals surface area contributed by atoms with E-state index in [4.69, 9.17) is 5.73 Å². The Balaban J connectivity index is 2.23. The van der Waals surface area contributed by atoms with Crippen molar-refractivity contribution in [2.45, 2.75) is 25.6 Å². The van der Waals surface area contributed by atoms with Crippen LogP contribution in [0.15, 0.2) is 12.5 Å². The number of nitrogens with one attached hydrogen (secondary N) is 1. The van der Waals surface area contributed by atoms with E-state index in [0.29, 0.717) is 5.95 Å². The molecule has 3 heterocycles. The quantitative estimate of drug-likeness (QED) is 0.661. The number of amides is 1. The smallest absolute Gasteiger partial charge is 0.227 e. The van der Waals surface area contributed by atoms with Crippen LogP contribution in [0.3, 0.4) is 0 Å². The number of anilines is 1. The largest absolute Gasteiger partial charge is 0.370 e. The van der Waals surface area contributed by atoms with Gasteiger partial charge in [-0.05, 0) is 13.8 Å². The average molecular weight is 291 g/mol. The first-order chi connectivity index (χ1) is 9.83. The SMILES string of the molecule is Cc1c(C2C(C(N)=O)C(C)(O)Nc3ncnn32)cnn1C. The Morgan fingerprint density at radius 2 is 2.24 bits per heavy atom. The molecule has 112 valence electrons. The Morgan fingerprint density at radius 3 is 2.81 bits per heavy atom. The van der Waals surface area contributed by atoms with Crippen molar-refractivity contribution in [3.8, 4) is 0 Å². The average Bonchev–Trinajstić information content (AvgIpc) is 2.94. The number of aromatic nitrogens is 5. The van der Waals surface area contributed by atoms with Crippen molar-refractivity contribution < 1.29 is 9.90 Å². The lowest BCUT2D eigenvalue weighted by atomic mass is 9.83. The molecule has 2 aromatic heterocycles. The van der Waals surface area contributed by atoms with E-state index < -0.39 is 23.6 Å². The van der Waals surface area contributed by atoms with E-state index in [9.17, 15) is 9.90 Å². The molecule has 0 saturated heterocycles. The molecule has 4 N–H and O–H groups in total. The van der Waals surface area contributed by atoms with Gasteiger partial charge in [0.25, 0.3) is 0 Å². The van der Waals surface area contributed by atoms with Gasteiger partial charge < -0.3 is 16.2 Å². The summed E-state index contributed by atoms with van der Waals surface area (Å²) in [4.78, 5) is 16.0. The molecule has 9 nitrogen and oxygen atoms in total. The Hall–Kier alpha value is -2.42. The lowest BCUT2D eigenvalue weighted by Crippen LogP contribution is -2.56. The molecular weight excluding hydrogens is 274 g/mol. The molecule has 0 spiro atoms. The molecule has 1 aliphatic heterocycles. The highest BCUT2D eigenvalue weighted by Gasteiger charge is 2.49. The summed E-state index contributed by atoms with van der Waals surface area (Å²) in [5.41, 5.74) is 5.64.